The van der Waals surface area contributed by atoms with Crippen LogP contribution >= 0.6 is 0 Å². The van der Waals surface area contributed by atoms with Crippen LogP contribution in [-0.4, -0.2) is 43.9 Å². The lowest BCUT2D eigenvalue weighted by Gasteiger charge is -2.33. The van der Waals surface area contributed by atoms with Crippen LogP contribution in [-0.2, 0) is 7.05 Å². The molecule has 0 saturated carbocycles. The number of nitrogen functional groups attached to an aromatic ring is 1. The molecule has 10 heteroatoms. The van der Waals surface area contributed by atoms with Gasteiger partial charge in [0.25, 0.3) is 0 Å². The summed E-state index contributed by atoms with van der Waals surface area (Å²) in [7, 11) is 1.84. The van der Waals surface area contributed by atoms with Gasteiger partial charge in [0.2, 0.25) is 0 Å². The SMILES string of the molecule is Cn1cc(-c2nc3cncc(N)c3nc2N2CCC(Oc3ccc(F)cc3F)CC2)cn1. The molecule has 1 saturated heterocycles. The molecular formula is C22H21F2N7O. The zero-order valence-corrected chi connectivity index (χ0v) is 17.4. The average Bonchev–Trinajstić information content (AvgIpc) is 3.22. The second-order valence-corrected chi connectivity index (χ2v) is 7.77. The predicted octanol–water partition coefficient (Wildman–Crippen LogP) is 3.33. The third-order valence-electron chi connectivity index (χ3n) is 5.50. The van der Waals surface area contributed by atoms with Gasteiger partial charge in [-0.05, 0) is 12.1 Å². The average molecular weight is 437 g/mol. The highest BCUT2D eigenvalue weighted by Gasteiger charge is 2.26. The summed E-state index contributed by atoms with van der Waals surface area (Å²) < 4.78 is 34.6. The van der Waals surface area contributed by atoms with E-state index in [0.717, 1.165) is 11.6 Å². The summed E-state index contributed by atoms with van der Waals surface area (Å²) in [5.41, 5.74) is 9.29. The maximum Gasteiger partial charge on any atom is 0.167 e. The van der Waals surface area contributed by atoms with E-state index in [9.17, 15) is 8.78 Å². The molecule has 4 heterocycles. The summed E-state index contributed by atoms with van der Waals surface area (Å²) in [6, 6.07) is 3.34. The summed E-state index contributed by atoms with van der Waals surface area (Å²) in [4.78, 5) is 15.9. The first-order chi connectivity index (χ1) is 15.5. The van der Waals surface area contributed by atoms with Crippen molar-refractivity contribution in [1.82, 2.24) is 24.7 Å². The van der Waals surface area contributed by atoms with Crippen molar-refractivity contribution in [2.75, 3.05) is 23.7 Å². The van der Waals surface area contributed by atoms with Gasteiger partial charge >= 0.3 is 0 Å². The third kappa shape index (κ3) is 3.79. The number of halogens is 2. The molecule has 4 aromatic rings. The molecule has 1 fully saturated rings. The molecule has 5 rings (SSSR count). The van der Waals surface area contributed by atoms with Crippen LogP contribution in [0, 0.1) is 11.6 Å². The fourth-order valence-electron chi connectivity index (χ4n) is 3.88. The maximum atomic E-state index is 14.0. The molecule has 164 valence electrons. The van der Waals surface area contributed by atoms with Gasteiger partial charge in [0.05, 0.1) is 24.3 Å². The monoisotopic (exact) mass is 437 g/mol. The number of fused-ring (bicyclic) bond motifs is 1. The number of hydrogen-bond donors (Lipinski definition) is 1. The summed E-state index contributed by atoms with van der Waals surface area (Å²) in [6.45, 7) is 1.26. The van der Waals surface area contributed by atoms with Crippen LogP contribution in [0.5, 0.6) is 5.75 Å². The van der Waals surface area contributed by atoms with Crippen molar-refractivity contribution in [2.24, 2.45) is 7.05 Å². The van der Waals surface area contributed by atoms with Gasteiger partial charge in [0.15, 0.2) is 17.4 Å². The van der Waals surface area contributed by atoms with E-state index in [-0.39, 0.29) is 11.9 Å². The molecule has 2 N–H and O–H groups in total. The summed E-state index contributed by atoms with van der Waals surface area (Å²) in [5.74, 6) is -0.561. The Morgan fingerprint density at radius 3 is 2.62 bits per heavy atom. The Morgan fingerprint density at radius 1 is 1.09 bits per heavy atom. The highest BCUT2D eigenvalue weighted by atomic mass is 19.1. The number of rotatable bonds is 4. The first-order valence-corrected chi connectivity index (χ1v) is 10.2. The molecule has 1 aliphatic rings. The van der Waals surface area contributed by atoms with E-state index < -0.39 is 11.6 Å². The first-order valence-electron chi connectivity index (χ1n) is 10.2. The molecule has 3 aromatic heterocycles. The van der Waals surface area contributed by atoms with E-state index in [4.69, 9.17) is 20.4 Å². The van der Waals surface area contributed by atoms with E-state index in [1.54, 1.807) is 23.3 Å². The van der Waals surface area contributed by atoms with E-state index in [2.05, 4.69) is 15.0 Å². The normalized spacial score (nSPS) is 14.8. The first kappa shape index (κ1) is 20.1. The van der Waals surface area contributed by atoms with Gasteiger partial charge in [-0.2, -0.15) is 5.10 Å². The lowest BCUT2D eigenvalue weighted by molar-refractivity contribution is 0.163. The minimum Gasteiger partial charge on any atom is -0.487 e. The number of pyridine rings is 1. The van der Waals surface area contributed by atoms with Crippen LogP contribution in [0.3, 0.4) is 0 Å². The Labute approximate surface area is 182 Å². The van der Waals surface area contributed by atoms with Crippen molar-refractivity contribution in [3.63, 3.8) is 0 Å². The number of anilines is 2. The van der Waals surface area contributed by atoms with Crippen molar-refractivity contribution in [2.45, 2.75) is 18.9 Å². The number of aromatic nitrogens is 5. The molecule has 0 radical (unpaired) electrons. The van der Waals surface area contributed by atoms with Gasteiger partial charge < -0.3 is 15.4 Å². The topological polar surface area (TPSA) is 95.0 Å². The van der Waals surface area contributed by atoms with Crippen LogP contribution in [0.2, 0.25) is 0 Å². The molecule has 0 atom stereocenters. The number of nitrogens with two attached hydrogens (primary N) is 1. The highest BCUT2D eigenvalue weighted by Crippen LogP contribution is 2.33. The standard InChI is InChI=1S/C22H21F2N7O/c1-30-12-13(9-27-30)20-22(29-21-17(25)10-26-11-18(21)28-20)31-6-4-15(5-7-31)32-19-3-2-14(23)8-16(19)24/h2-3,8-12,15H,4-7,25H2,1H3. The zero-order chi connectivity index (χ0) is 22.2. The lowest BCUT2D eigenvalue weighted by Crippen LogP contribution is -2.39. The molecular weight excluding hydrogens is 416 g/mol. The second kappa shape index (κ2) is 8.03. The Kier molecular flexibility index (Phi) is 5.04. The summed E-state index contributed by atoms with van der Waals surface area (Å²) in [6.07, 6.45) is 7.93. The van der Waals surface area contributed by atoms with E-state index in [1.165, 1.54) is 12.1 Å². The number of piperidine rings is 1. The molecule has 0 amide bonds. The smallest absolute Gasteiger partial charge is 0.167 e. The Balaban J connectivity index is 1.42. The van der Waals surface area contributed by atoms with E-state index >= 15 is 0 Å². The van der Waals surface area contributed by atoms with E-state index in [1.807, 2.05) is 13.2 Å². The van der Waals surface area contributed by atoms with Crippen LogP contribution in [0.4, 0.5) is 20.3 Å². The maximum absolute atomic E-state index is 14.0. The molecule has 0 aliphatic carbocycles. The molecule has 0 unspecified atom stereocenters. The number of ether oxygens (including phenoxy) is 1. The van der Waals surface area contributed by atoms with Gasteiger partial charge in [-0.25, -0.2) is 18.7 Å². The quantitative estimate of drug-likeness (QED) is 0.523. The van der Waals surface area contributed by atoms with Crippen molar-refractivity contribution in [3.05, 3.63) is 54.6 Å². The van der Waals surface area contributed by atoms with Crippen LogP contribution < -0.4 is 15.4 Å². The largest absolute Gasteiger partial charge is 0.487 e. The van der Waals surface area contributed by atoms with Gasteiger partial charge in [-0.15, -0.1) is 0 Å². The molecule has 32 heavy (non-hydrogen) atoms. The van der Waals surface area contributed by atoms with Gasteiger partial charge in [0.1, 0.15) is 28.6 Å². The van der Waals surface area contributed by atoms with Gasteiger partial charge in [-0.3, -0.25) is 9.67 Å². The lowest BCUT2D eigenvalue weighted by atomic mass is 10.1. The number of hydrogen-bond acceptors (Lipinski definition) is 7. The Hall–Kier alpha value is -3.82. The van der Waals surface area contributed by atoms with Crippen molar-refractivity contribution in [3.8, 4) is 17.0 Å². The molecule has 1 aromatic carbocycles. The third-order valence-corrected chi connectivity index (χ3v) is 5.50. The van der Waals surface area contributed by atoms with Crippen LogP contribution in [0.1, 0.15) is 12.8 Å². The van der Waals surface area contributed by atoms with Crippen LogP contribution in [0.15, 0.2) is 43.0 Å². The minimum atomic E-state index is -0.698. The van der Waals surface area contributed by atoms with Crippen LogP contribution in [0.25, 0.3) is 22.3 Å². The highest BCUT2D eigenvalue weighted by molar-refractivity contribution is 5.89. The van der Waals surface area contributed by atoms with Crippen molar-refractivity contribution < 1.29 is 13.5 Å². The number of benzene rings is 1. The van der Waals surface area contributed by atoms with E-state index in [0.29, 0.717) is 54.2 Å². The minimum absolute atomic E-state index is 0.0617. The molecule has 0 spiro atoms. The molecule has 8 nitrogen and oxygen atoms in total. The molecule has 1 aliphatic heterocycles. The summed E-state index contributed by atoms with van der Waals surface area (Å²) in [5, 5.41) is 4.26. The zero-order valence-electron chi connectivity index (χ0n) is 17.4. The fraction of sp³-hybridized carbons (Fsp3) is 0.273. The number of nitrogens with zero attached hydrogens (tertiary/aromatic N) is 6. The van der Waals surface area contributed by atoms with Gasteiger partial charge in [0, 0.05) is 50.8 Å². The summed E-state index contributed by atoms with van der Waals surface area (Å²) >= 11 is 0. The van der Waals surface area contributed by atoms with Crippen molar-refractivity contribution >= 4 is 22.5 Å². The fourth-order valence-corrected chi connectivity index (χ4v) is 3.88. The Morgan fingerprint density at radius 2 is 1.91 bits per heavy atom. The number of aryl methyl sites for hydroxylation is 1. The molecule has 0 bridgehead atoms. The van der Waals surface area contributed by atoms with Crippen molar-refractivity contribution in [1.29, 1.82) is 0 Å². The van der Waals surface area contributed by atoms with Gasteiger partial charge in [-0.1, -0.05) is 0 Å². The second-order valence-electron chi connectivity index (χ2n) is 7.77. The Bertz CT molecular complexity index is 1280. The predicted molar refractivity (Wildman–Crippen MR) is 116 cm³/mol.